The van der Waals surface area contributed by atoms with Crippen molar-refractivity contribution >= 4 is 0 Å². The van der Waals surface area contributed by atoms with Crippen molar-refractivity contribution < 1.29 is 9.47 Å². The van der Waals surface area contributed by atoms with Gasteiger partial charge in [-0.15, -0.1) is 0 Å². The fraction of sp³-hybridized carbons (Fsp3) is 1.00. The van der Waals surface area contributed by atoms with Crippen LogP contribution in [0.1, 0.15) is 33.6 Å². The van der Waals surface area contributed by atoms with E-state index in [2.05, 4.69) is 31.0 Å². The molecular formula is C15H32N2O2. The van der Waals surface area contributed by atoms with Crippen molar-refractivity contribution in [3.63, 3.8) is 0 Å². The summed E-state index contributed by atoms with van der Waals surface area (Å²) in [6.07, 6.45) is 2.49. The quantitative estimate of drug-likeness (QED) is 0.683. The van der Waals surface area contributed by atoms with Gasteiger partial charge in [-0.1, -0.05) is 13.8 Å². The molecule has 0 bridgehead atoms. The van der Waals surface area contributed by atoms with Crippen molar-refractivity contribution in [2.45, 2.75) is 45.7 Å². The van der Waals surface area contributed by atoms with Crippen LogP contribution in [0.4, 0.5) is 0 Å². The molecule has 114 valence electrons. The van der Waals surface area contributed by atoms with Gasteiger partial charge in [-0.3, -0.25) is 4.90 Å². The lowest BCUT2D eigenvalue weighted by molar-refractivity contribution is 0.0501. The van der Waals surface area contributed by atoms with Gasteiger partial charge >= 0.3 is 0 Å². The smallest absolute Gasteiger partial charge is 0.0700 e. The lowest BCUT2D eigenvalue weighted by Crippen LogP contribution is -2.42. The molecule has 1 N–H and O–H groups in total. The molecule has 0 aromatic heterocycles. The van der Waals surface area contributed by atoms with E-state index in [0.29, 0.717) is 25.3 Å². The van der Waals surface area contributed by atoms with Gasteiger partial charge in [0.15, 0.2) is 0 Å². The minimum atomic E-state index is 0.629. The number of hydrogen-bond acceptors (Lipinski definition) is 4. The number of rotatable bonds is 8. The first-order valence-corrected chi connectivity index (χ1v) is 7.67. The van der Waals surface area contributed by atoms with E-state index >= 15 is 0 Å². The molecule has 4 heteroatoms. The lowest BCUT2D eigenvalue weighted by atomic mass is 10.0. The normalized spacial score (nSPS) is 25.7. The van der Waals surface area contributed by atoms with Gasteiger partial charge in [0.1, 0.15) is 0 Å². The maximum absolute atomic E-state index is 5.60. The molecule has 0 saturated carbocycles. The second kappa shape index (κ2) is 9.70. The molecule has 2 unspecified atom stereocenters. The summed E-state index contributed by atoms with van der Waals surface area (Å²) in [7, 11) is 1.71. The van der Waals surface area contributed by atoms with Gasteiger partial charge in [-0.25, -0.2) is 0 Å². The molecule has 0 radical (unpaired) electrons. The zero-order valence-corrected chi connectivity index (χ0v) is 13.2. The van der Waals surface area contributed by atoms with Crippen LogP contribution in [0.25, 0.3) is 0 Å². The number of ether oxygens (including phenoxy) is 2. The van der Waals surface area contributed by atoms with Gasteiger partial charge < -0.3 is 14.8 Å². The Labute approximate surface area is 118 Å². The number of nitrogens with one attached hydrogen (secondary N) is 1. The monoisotopic (exact) mass is 272 g/mol. The predicted molar refractivity (Wildman–Crippen MR) is 79.6 cm³/mol. The molecule has 1 fully saturated rings. The average molecular weight is 272 g/mol. The van der Waals surface area contributed by atoms with Crippen molar-refractivity contribution in [1.29, 1.82) is 0 Å². The molecule has 0 aromatic carbocycles. The Kier molecular flexibility index (Phi) is 8.62. The molecule has 1 aliphatic rings. The average Bonchev–Trinajstić information content (AvgIpc) is 2.51. The summed E-state index contributed by atoms with van der Waals surface area (Å²) in [6.45, 7) is 12.4. The van der Waals surface area contributed by atoms with E-state index in [0.717, 1.165) is 32.2 Å². The maximum Gasteiger partial charge on any atom is 0.0700 e. The van der Waals surface area contributed by atoms with Gasteiger partial charge in [-0.05, 0) is 32.2 Å². The predicted octanol–water partition coefficient (Wildman–Crippen LogP) is 1.75. The van der Waals surface area contributed by atoms with Gasteiger partial charge in [0.2, 0.25) is 0 Å². The molecule has 2 atom stereocenters. The zero-order chi connectivity index (χ0) is 14.1. The summed E-state index contributed by atoms with van der Waals surface area (Å²) in [5.74, 6) is 0.755. The van der Waals surface area contributed by atoms with Crippen LogP contribution >= 0.6 is 0 Å². The van der Waals surface area contributed by atoms with Crippen LogP contribution in [-0.4, -0.2) is 63.5 Å². The molecule has 1 aliphatic heterocycles. The fourth-order valence-electron chi connectivity index (χ4n) is 2.67. The standard InChI is InChI=1S/C15H32N2O2/c1-13(2)11-15-12-17(14(3)5-6-16-15)7-8-19-10-9-18-4/h13-16H,5-12H2,1-4H3. The Morgan fingerprint density at radius 3 is 2.74 bits per heavy atom. The molecule has 4 nitrogen and oxygen atoms in total. The highest BCUT2D eigenvalue weighted by molar-refractivity contribution is 4.81. The van der Waals surface area contributed by atoms with Crippen molar-refractivity contribution in [2.75, 3.05) is 46.6 Å². The second-order valence-electron chi connectivity index (χ2n) is 6.02. The largest absolute Gasteiger partial charge is 0.382 e. The van der Waals surface area contributed by atoms with E-state index in [1.165, 1.54) is 12.8 Å². The summed E-state index contributed by atoms with van der Waals surface area (Å²) in [6, 6.07) is 1.28. The molecule has 0 amide bonds. The molecule has 1 rings (SSSR count). The third-order valence-corrected chi connectivity index (χ3v) is 3.78. The summed E-state index contributed by atoms with van der Waals surface area (Å²) >= 11 is 0. The van der Waals surface area contributed by atoms with Crippen LogP contribution in [0.3, 0.4) is 0 Å². The van der Waals surface area contributed by atoms with Gasteiger partial charge in [0, 0.05) is 32.3 Å². The second-order valence-corrected chi connectivity index (χ2v) is 6.02. The highest BCUT2D eigenvalue weighted by atomic mass is 16.5. The van der Waals surface area contributed by atoms with Crippen LogP contribution in [0.15, 0.2) is 0 Å². The fourth-order valence-corrected chi connectivity index (χ4v) is 2.67. The SMILES string of the molecule is COCCOCCN1CC(CC(C)C)NCCC1C. The molecule has 1 saturated heterocycles. The van der Waals surface area contributed by atoms with E-state index < -0.39 is 0 Å². The summed E-state index contributed by atoms with van der Waals surface area (Å²) in [5, 5.41) is 3.68. The third-order valence-electron chi connectivity index (χ3n) is 3.78. The van der Waals surface area contributed by atoms with E-state index in [9.17, 15) is 0 Å². The van der Waals surface area contributed by atoms with Crippen LogP contribution in [-0.2, 0) is 9.47 Å². The van der Waals surface area contributed by atoms with E-state index in [4.69, 9.17) is 9.47 Å². The van der Waals surface area contributed by atoms with E-state index in [1.807, 2.05) is 0 Å². The van der Waals surface area contributed by atoms with Crippen LogP contribution in [0.5, 0.6) is 0 Å². The molecular weight excluding hydrogens is 240 g/mol. The van der Waals surface area contributed by atoms with Gasteiger partial charge in [0.25, 0.3) is 0 Å². The van der Waals surface area contributed by atoms with Crippen molar-refractivity contribution in [3.05, 3.63) is 0 Å². The first-order valence-electron chi connectivity index (χ1n) is 7.67. The molecule has 0 aromatic rings. The minimum absolute atomic E-state index is 0.629. The topological polar surface area (TPSA) is 33.7 Å². The van der Waals surface area contributed by atoms with Crippen molar-refractivity contribution in [3.8, 4) is 0 Å². The summed E-state index contributed by atoms with van der Waals surface area (Å²) in [5.41, 5.74) is 0. The van der Waals surface area contributed by atoms with Gasteiger partial charge in [-0.2, -0.15) is 0 Å². The van der Waals surface area contributed by atoms with Crippen LogP contribution in [0, 0.1) is 5.92 Å². The van der Waals surface area contributed by atoms with E-state index in [1.54, 1.807) is 7.11 Å². The summed E-state index contributed by atoms with van der Waals surface area (Å²) in [4.78, 5) is 2.57. The molecule has 19 heavy (non-hydrogen) atoms. The Bertz CT molecular complexity index is 224. The van der Waals surface area contributed by atoms with Gasteiger partial charge in [0.05, 0.1) is 19.8 Å². The maximum atomic E-state index is 5.60. The molecule has 0 aliphatic carbocycles. The van der Waals surface area contributed by atoms with E-state index in [-0.39, 0.29) is 0 Å². The first-order chi connectivity index (χ1) is 9.13. The number of hydrogen-bond donors (Lipinski definition) is 1. The molecule has 0 spiro atoms. The Morgan fingerprint density at radius 1 is 1.26 bits per heavy atom. The summed E-state index contributed by atoms with van der Waals surface area (Å²) < 4.78 is 10.6. The minimum Gasteiger partial charge on any atom is -0.382 e. The first kappa shape index (κ1) is 16.9. The van der Waals surface area contributed by atoms with Crippen LogP contribution in [0.2, 0.25) is 0 Å². The highest BCUT2D eigenvalue weighted by Gasteiger charge is 2.22. The highest BCUT2D eigenvalue weighted by Crippen LogP contribution is 2.13. The molecule has 1 heterocycles. The van der Waals surface area contributed by atoms with Crippen molar-refractivity contribution in [1.82, 2.24) is 10.2 Å². The van der Waals surface area contributed by atoms with Crippen molar-refractivity contribution in [2.24, 2.45) is 5.92 Å². The number of nitrogens with zero attached hydrogens (tertiary/aromatic N) is 1. The lowest BCUT2D eigenvalue weighted by Gasteiger charge is -2.29. The zero-order valence-electron chi connectivity index (χ0n) is 13.2. The Hall–Kier alpha value is -0.160. The van der Waals surface area contributed by atoms with Crippen LogP contribution < -0.4 is 5.32 Å². The Morgan fingerprint density at radius 2 is 2.05 bits per heavy atom. The third kappa shape index (κ3) is 7.25. The number of methoxy groups -OCH3 is 1. The Balaban J connectivity index is 2.30.